The van der Waals surface area contributed by atoms with Gasteiger partial charge in [0.15, 0.2) is 5.79 Å². The van der Waals surface area contributed by atoms with Crippen molar-refractivity contribution < 1.29 is 14.6 Å². The molecule has 4 heteroatoms. The molecule has 0 radical (unpaired) electrons. The molecule has 1 saturated carbocycles. The summed E-state index contributed by atoms with van der Waals surface area (Å²) >= 11 is 0. The fraction of sp³-hybridized carbons (Fsp3) is 0.700. The molecule has 1 aromatic carbocycles. The van der Waals surface area contributed by atoms with Gasteiger partial charge in [-0.05, 0) is 55.6 Å². The van der Waals surface area contributed by atoms with Crippen LogP contribution < -0.4 is 0 Å². The summed E-state index contributed by atoms with van der Waals surface area (Å²) in [7, 11) is 2.24. The van der Waals surface area contributed by atoms with E-state index in [1.807, 2.05) is 12.1 Å². The molecule has 0 amide bonds. The third-order valence-electron chi connectivity index (χ3n) is 6.77. The number of rotatable bonds is 2. The zero-order valence-electron chi connectivity index (χ0n) is 15.0. The van der Waals surface area contributed by atoms with Crippen LogP contribution in [0.1, 0.15) is 44.2 Å². The largest absolute Gasteiger partial charge is 0.508 e. The van der Waals surface area contributed by atoms with Gasteiger partial charge in [-0.2, -0.15) is 0 Å². The van der Waals surface area contributed by atoms with Gasteiger partial charge in [-0.25, -0.2) is 0 Å². The lowest BCUT2D eigenvalue weighted by molar-refractivity contribution is -0.204. The smallest absolute Gasteiger partial charge is 0.169 e. The van der Waals surface area contributed by atoms with Gasteiger partial charge in [0.05, 0.1) is 13.2 Å². The number of hydrogen-bond donors (Lipinski definition) is 1. The molecule has 3 atom stereocenters. The SMILES string of the molecule is CCN(C)[C@@H]1Cc2ccc(O)cc2[C@@]2(C)CC3(CC[C@@H]12)OCCO3. The molecule has 0 unspecified atom stereocenters. The summed E-state index contributed by atoms with van der Waals surface area (Å²) < 4.78 is 12.1. The quantitative estimate of drug-likeness (QED) is 0.904. The summed E-state index contributed by atoms with van der Waals surface area (Å²) in [4.78, 5) is 2.49. The molecule has 2 aliphatic carbocycles. The maximum absolute atomic E-state index is 10.1. The summed E-state index contributed by atoms with van der Waals surface area (Å²) in [6.07, 6.45) is 4.04. The maximum Gasteiger partial charge on any atom is 0.169 e. The number of phenolic OH excluding ortho intramolecular Hbond substituents is 1. The van der Waals surface area contributed by atoms with Crippen molar-refractivity contribution in [3.63, 3.8) is 0 Å². The van der Waals surface area contributed by atoms with Gasteiger partial charge >= 0.3 is 0 Å². The molecule has 132 valence electrons. The lowest BCUT2D eigenvalue weighted by Gasteiger charge is -2.55. The Labute approximate surface area is 144 Å². The normalized spacial score (nSPS) is 34.3. The van der Waals surface area contributed by atoms with E-state index in [0.717, 1.165) is 32.2 Å². The Balaban J connectivity index is 1.80. The second kappa shape index (κ2) is 5.72. The number of ether oxygens (including phenoxy) is 2. The molecular weight excluding hydrogens is 302 g/mol. The number of likely N-dealkylation sites (N-methyl/N-ethyl adjacent to an activating group) is 1. The van der Waals surface area contributed by atoms with E-state index in [1.54, 1.807) is 0 Å². The highest BCUT2D eigenvalue weighted by atomic mass is 16.7. The average Bonchev–Trinajstić information content (AvgIpc) is 3.01. The van der Waals surface area contributed by atoms with Crippen molar-refractivity contribution in [1.82, 2.24) is 4.90 Å². The summed E-state index contributed by atoms with van der Waals surface area (Å²) in [5.74, 6) is 0.514. The minimum absolute atomic E-state index is 0.0248. The molecule has 2 fully saturated rings. The van der Waals surface area contributed by atoms with Crippen LogP contribution in [0.25, 0.3) is 0 Å². The van der Waals surface area contributed by atoms with Crippen LogP contribution in [0.4, 0.5) is 0 Å². The van der Waals surface area contributed by atoms with Crippen molar-refractivity contribution in [2.45, 2.75) is 56.8 Å². The molecule has 1 aliphatic heterocycles. The molecule has 0 aromatic heterocycles. The first kappa shape index (κ1) is 16.4. The van der Waals surface area contributed by atoms with Crippen LogP contribution in [0.5, 0.6) is 5.75 Å². The highest BCUT2D eigenvalue weighted by molar-refractivity contribution is 5.44. The zero-order chi connectivity index (χ0) is 16.9. The van der Waals surface area contributed by atoms with Crippen molar-refractivity contribution in [2.24, 2.45) is 5.92 Å². The van der Waals surface area contributed by atoms with E-state index in [0.29, 0.717) is 30.9 Å². The van der Waals surface area contributed by atoms with Crippen LogP contribution in [-0.4, -0.2) is 48.6 Å². The van der Waals surface area contributed by atoms with Crippen molar-refractivity contribution in [3.05, 3.63) is 29.3 Å². The summed E-state index contributed by atoms with van der Waals surface area (Å²) in [6.45, 7) is 7.05. The van der Waals surface area contributed by atoms with E-state index in [9.17, 15) is 5.11 Å². The Hall–Kier alpha value is -1.10. The van der Waals surface area contributed by atoms with E-state index in [-0.39, 0.29) is 5.41 Å². The van der Waals surface area contributed by atoms with E-state index in [4.69, 9.17) is 9.47 Å². The molecule has 24 heavy (non-hydrogen) atoms. The van der Waals surface area contributed by atoms with E-state index in [1.165, 1.54) is 11.1 Å². The topological polar surface area (TPSA) is 41.9 Å². The molecule has 4 rings (SSSR count). The number of phenols is 1. The first-order valence-electron chi connectivity index (χ1n) is 9.28. The molecule has 4 nitrogen and oxygen atoms in total. The van der Waals surface area contributed by atoms with Gasteiger partial charge < -0.3 is 19.5 Å². The standard InChI is InChI=1S/C20H29NO3/c1-4-21(3)18-11-14-5-6-15(22)12-17(14)19(2)13-20(8-7-16(18)19)23-9-10-24-20/h5-6,12,16,18,22H,4,7-11,13H2,1-3H3/t16-,18+,19-/m0/s1. The van der Waals surface area contributed by atoms with E-state index >= 15 is 0 Å². The van der Waals surface area contributed by atoms with Crippen LogP contribution in [-0.2, 0) is 21.3 Å². The average molecular weight is 331 g/mol. The second-order valence-electron chi connectivity index (χ2n) is 8.03. The molecule has 1 N–H and O–H groups in total. The number of aromatic hydroxyl groups is 1. The molecule has 1 saturated heterocycles. The maximum atomic E-state index is 10.1. The highest BCUT2D eigenvalue weighted by Gasteiger charge is 2.56. The van der Waals surface area contributed by atoms with Crippen molar-refractivity contribution >= 4 is 0 Å². The van der Waals surface area contributed by atoms with Crippen molar-refractivity contribution in [2.75, 3.05) is 26.8 Å². The van der Waals surface area contributed by atoms with Crippen molar-refractivity contribution in [3.8, 4) is 5.75 Å². The third-order valence-corrected chi connectivity index (χ3v) is 6.77. The summed E-state index contributed by atoms with van der Waals surface area (Å²) in [5.41, 5.74) is 2.64. The Morgan fingerprint density at radius 1 is 1.29 bits per heavy atom. The molecular formula is C20H29NO3. The van der Waals surface area contributed by atoms with Gasteiger partial charge in [0.2, 0.25) is 0 Å². The fourth-order valence-electron chi connectivity index (χ4n) is 5.47. The van der Waals surface area contributed by atoms with Gasteiger partial charge in [-0.1, -0.05) is 19.9 Å². The van der Waals surface area contributed by atoms with Crippen LogP contribution in [0.3, 0.4) is 0 Å². The number of benzene rings is 1. The molecule has 3 aliphatic rings. The van der Waals surface area contributed by atoms with Crippen LogP contribution >= 0.6 is 0 Å². The Kier molecular flexibility index (Phi) is 3.90. The minimum Gasteiger partial charge on any atom is -0.508 e. The molecule has 0 bridgehead atoms. The second-order valence-corrected chi connectivity index (χ2v) is 8.03. The van der Waals surface area contributed by atoms with E-state index < -0.39 is 5.79 Å². The highest BCUT2D eigenvalue weighted by Crippen LogP contribution is 2.55. The zero-order valence-corrected chi connectivity index (χ0v) is 15.0. The Morgan fingerprint density at radius 2 is 2.04 bits per heavy atom. The lowest BCUT2D eigenvalue weighted by atomic mass is 9.55. The fourth-order valence-corrected chi connectivity index (χ4v) is 5.47. The van der Waals surface area contributed by atoms with Crippen molar-refractivity contribution in [1.29, 1.82) is 0 Å². The minimum atomic E-state index is -0.416. The summed E-state index contributed by atoms with van der Waals surface area (Å²) in [6, 6.07) is 6.46. The van der Waals surface area contributed by atoms with Gasteiger partial charge in [0, 0.05) is 24.3 Å². The molecule has 1 heterocycles. The van der Waals surface area contributed by atoms with E-state index in [2.05, 4.69) is 31.9 Å². The molecule has 1 aromatic rings. The van der Waals surface area contributed by atoms with Crippen LogP contribution in [0, 0.1) is 5.92 Å². The lowest BCUT2D eigenvalue weighted by Crippen LogP contribution is -2.58. The molecule has 1 spiro atoms. The first-order valence-corrected chi connectivity index (χ1v) is 9.28. The monoisotopic (exact) mass is 331 g/mol. The number of fused-ring (bicyclic) bond motifs is 3. The number of hydrogen-bond acceptors (Lipinski definition) is 4. The number of nitrogens with zero attached hydrogens (tertiary/aromatic N) is 1. The Bertz CT molecular complexity index is 625. The third kappa shape index (κ3) is 2.39. The first-order chi connectivity index (χ1) is 11.5. The van der Waals surface area contributed by atoms with Gasteiger partial charge in [0.1, 0.15) is 5.75 Å². The van der Waals surface area contributed by atoms with Gasteiger partial charge in [0.25, 0.3) is 0 Å². The Morgan fingerprint density at radius 3 is 2.75 bits per heavy atom. The van der Waals surface area contributed by atoms with Crippen LogP contribution in [0.15, 0.2) is 18.2 Å². The predicted octanol–water partition coefficient (Wildman–Crippen LogP) is 3.07. The predicted molar refractivity (Wildman–Crippen MR) is 93.2 cm³/mol. The van der Waals surface area contributed by atoms with Crippen LogP contribution in [0.2, 0.25) is 0 Å². The van der Waals surface area contributed by atoms with Gasteiger partial charge in [-0.15, -0.1) is 0 Å². The summed E-state index contributed by atoms with van der Waals surface area (Å²) in [5, 5.41) is 10.1. The van der Waals surface area contributed by atoms with Gasteiger partial charge in [-0.3, -0.25) is 0 Å².